The minimum atomic E-state index is -4.45. The molecule has 1 aromatic heterocycles. The molecule has 0 aliphatic rings. The maximum Gasteiger partial charge on any atom is 0.417 e. The molecule has 2 rings (SSSR count). The SMILES string of the molecule is O=C(CSc1ccc(C(F)(F)F)cn1)c1ccc(O)cc1O. The number of phenolic OH excluding ortho intramolecular Hbond substituents is 2. The van der Waals surface area contributed by atoms with E-state index < -0.39 is 17.5 Å². The molecule has 116 valence electrons. The summed E-state index contributed by atoms with van der Waals surface area (Å²) in [6, 6.07) is 5.63. The van der Waals surface area contributed by atoms with E-state index in [9.17, 15) is 23.1 Å². The summed E-state index contributed by atoms with van der Waals surface area (Å²) < 4.78 is 37.1. The molecule has 0 saturated carbocycles. The monoisotopic (exact) mass is 329 g/mol. The lowest BCUT2D eigenvalue weighted by atomic mass is 10.1. The number of hydrogen-bond donors (Lipinski definition) is 2. The Kier molecular flexibility index (Phi) is 4.60. The van der Waals surface area contributed by atoms with Gasteiger partial charge in [-0.1, -0.05) is 11.8 Å². The molecule has 0 aliphatic heterocycles. The number of rotatable bonds is 4. The molecule has 1 heterocycles. The number of thioether (sulfide) groups is 1. The highest BCUT2D eigenvalue weighted by Crippen LogP contribution is 2.30. The maximum absolute atomic E-state index is 12.4. The lowest BCUT2D eigenvalue weighted by Crippen LogP contribution is -2.06. The molecule has 0 unspecified atom stereocenters. The van der Waals surface area contributed by atoms with Crippen LogP contribution in [0.25, 0.3) is 0 Å². The molecule has 0 amide bonds. The van der Waals surface area contributed by atoms with Gasteiger partial charge in [-0.3, -0.25) is 4.79 Å². The number of Topliss-reactive ketones (excluding diaryl/α,β-unsaturated/α-hetero) is 1. The topological polar surface area (TPSA) is 70.4 Å². The number of pyridine rings is 1. The van der Waals surface area contributed by atoms with Crippen LogP contribution in [0.4, 0.5) is 13.2 Å². The number of hydrogen-bond acceptors (Lipinski definition) is 5. The van der Waals surface area contributed by atoms with Crippen LogP contribution in [0.15, 0.2) is 41.6 Å². The van der Waals surface area contributed by atoms with E-state index in [1.807, 2.05) is 0 Å². The number of alkyl halides is 3. The van der Waals surface area contributed by atoms with Crippen molar-refractivity contribution >= 4 is 17.5 Å². The molecule has 22 heavy (non-hydrogen) atoms. The molecule has 1 aromatic carbocycles. The average Bonchev–Trinajstić information content (AvgIpc) is 2.44. The van der Waals surface area contributed by atoms with E-state index in [4.69, 9.17) is 5.11 Å². The number of aromatic nitrogens is 1. The molecule has 2 N–H and O–H groups in total. The van der Waals surface area contributed by atoms with E-state index in [1.165, 1.54) is 18.2 Å². The molecule has 2 aromatic rings. The Labute approximate surface area is 127 Å². The molecule has 0 spiro atoms. The van der Waals surface area contributed by atoms with Gasteiger partial charge in [0, 0.05) is 12.3 Å². The first-order valence-electron chi connectivity index (χ1n) is 5.98. The second kappa shape index (κ2) is 6.27. The number of ketones is 1. The van der Waals surface area contributed by atoms with Crippen LogP contribution in [0.3, 0.4) is 0 Å². The minimum absolute atomic E-state index is 0.0252. The Morgan fingerprint density at radius 2 is 1.91 bits per heavy atom. The van der Waals surface area contributed by atoms with Gasteiger partial charge in [0.15, 0.2) is 5.78 Å². The first-order chi connectivity index (χ1) is 10.3. The quantitative estimate of drug-likeness (QED) is 0.664. The predicted octanol–water partition coefficient (Wildman–Crippen LogP) is 3.49. The van der Waals surface area contributed by atoms with Gasteiger partial charge in [0.05, 0.1) is 21.9 Å². The van der Waals surface area contributed by atoms with Crippen molar-refractivity contribution in [2.24, 2.45) is 0 Å². The van der Waals surface area contributed by atoms with E-state index in [0.717, 1.165) is 23.9 Å². The smallest absolute Gasteiger partial charge is 0.417 e. The Bertz CT molecular complexity index is 687. The van der Waals surface area contributed by atoms with Gasteiger partial charge in [-0.05, 0) is 24.3 Å². The van der Waals surface area contributed by atoms with E-state index in [-0.39, 0.29) is 27.8 Å². The minimum Gasteiger partial charge on any atom is -0.508 e. The predicted molar refractivity (Wildman–Crippen MR) is 74.1 cm³/mol. The van der Waals surface area contributed by atoms with Crippen LogP contribution < -0.4 is 0 Å². The number of benzene rings is 1. The fraction of sp³-hybridized carbons (Fsp3) is 0.143. The molecule has 0 atom stereocenters. The zero-order chi connectivity index (χ0) is 16.3. The highest BCUT2D eigenvalue weighted by molar-refractivity contribution is 7.99. The maximum atomic E-state index is 12.4. The van der Waals surface area contributed by atoms with E-state index >= 15 is 0 Å². The Hall–Kier alpha value is -2.22. The third-order valence-electron chi connectivity index (χ3n) is 2.70. The lowest BCUT2D eigenvalue weighted by molar-refractivity contribution is -0.137. The molecule has 0 bridgehead atoms. The molecule has 4 nitrogen and oxygen atoms in total. The summed E-state index contributed by atoms with van der Waals surface area (Å²) in [4.78, 5) is 15.5. The zero-order valence-electron chi connectivity index (χ0n) is 11.0. The molecule has 0 fully saturated rings. The summed E-state index contributed by atoms with van der Waals surface area (Å²) in [7, 11) is 0. The number of halogens is 3. The molecule has 0 radical (unpaired) electrons. The number of aromatic hydroxyl groups is 2. The third-order valence-corrected chi connectivity index (χ3v) is 3.64. The Balaban J connectivity index is 2.02. The number of phenols is 2. The van der Waals surface area contributed by atoms with Crippen LogP contribution in [-0.4, -0.2) is 26.7 Å². The zero-order valence-corrected chi connectivity index (χ0v) is 11.8. The fourth-order valence-electron chi connectivity index (χ4n) is 1.61. The van der Waals surface area contributed by atoms with Crippen LogP contribution in [0.1, 0.15) is 15.9 Å². The summed E-state index contributed by atoms with van der Waals surface area (Å²) >= 11 is 0.954. The first kappa shape index (κ1) is 16.2. The molecule has 0 saturated heterocycles. The van der Waals surface area contributed by atoms with Crippen molar-refractivity contribution in [3.63, 3.8) is 0 Å². The van der Waals surface area contributed by atoms with Gasteiger partial charge in [-0.2, -0.15) is 13.2 Å². The third kappa shape index (κ3) is 3.91. The van der Waals surface area contributed by atoms with Crippen molar-refractivity contribution < 1.29 is 28.2 Å². The van der Waals surface area contributed by atoms with Crippen LogP contribution >= 0.6 is 11.8 Å². The van der Waals surface area contributed by atoms with Gasteiger partial charge in [-0.15, -0.1) is 0 Å². The summed E-state index contributed by atoms with van der Waals surface area (Å²) in [5, 5.41) is 19.0. The number of carbonyl (C=O) groups excluding carboxylic acids is 1. The van der Waals surface area contributed by atoms with Crippen molar-refractivity contribution in [3.05, 3.63) is 47.7 Å². The molecular formula is C14H10F3NO3S. The Morgan fingerprint density at radius 1 is 1.18 bits per heavy atom. The Morgan fingerprint density at radius 3 is 2.45 bits per heavy atom. The average molecular weight is 329 g/mol. The molecule has 0 aliphatic carbocycles. The second-order valence-corrected chi connectivity index (χ2v) is 5.29. The van der Waals surface area contributed by atoms with Crippen molar-refractivity contribution in [2.45, 2.75) is 11.2 Å². The summed E-state index contributed by atoms with van der Waals surface area (Å²) in [5.74, 6) is -1.06. The van der Waals surface area contributed by atoms with E-state index in [2.05, 4.69) is 4.98 Å². The van der Waals surface area contributed by atoms with Gasteiger partial charge in [-0.25, -0.2) is 4.98 Å². The summed E-state index contributed by atoms with van der Waals surface area (Å²) in [5.41, 5.74) is -0.837. The van der Waals surface area contributed by atoms with E-state index in [1.54, 1.807) is 0 Å². The van der Waals surface area contributed by atoms with Gasteiger partial charge < -0.3 is 10.2 Å². The van der Waals surface area contributed by atoms with Gasteiger partial charge >= 0.3 is 6.18 Å². The first-order valence-corrected chi connectivity index (χ1v) is 6.97. The second-order valence-electron chi connectivity index (χ2n) is 4.30. The van der Waals surface area contributed by atoms with Crippen molar-refractivity contribution in [2.75, 3.05) is 5.75 Å². The highest BCUT2D eigenvalue weighted by atomic mass is 32.2. The van der Waals surface area contributed by atoms with Gasteiger partial charge in [0.2, 0.25) is 0 Å². The number of nitrogens with zero attached hydrogens (tertiary/aromatic N) is 1. The highest BCUT2D eigenvalue weighted by Gasteiger charge is 2.30. The normalized spacial score (nSPS) is 11.4. The van der Waals surface area contributed by atoms with Gasteiger partial charge in [0.1, 0.15) is 11.5 Å². The van der Waals surface area contributed by atoms with Crippen LogP contribution in [0.5, 0.6) is 11.5 Å². The standard InChI is InChI=1S/C14H10F3NO3S/c15-14(16,17)8-1-4-13(18-6-8)22-7-12(21)10-3-2-9(19)5-11(10)20/h1-6,19-20H,7H2. The van der Waals surface area contributed by atoms with E-state index in [0.29, 0.717) is 6.20 Å². The fourth-order valence-corrected chi connectivity index (χ4v) is 2.33. The largest absolute Gasteiger partial charge is 0.508 e. The molecular weight excluding hydrogens is 319 g/mol. The van der Waals surface area contributed by atoms with Crippen LogP contribution in [0.2, 0.25) is 0 Å². The van der Waals surface area contributed by atoms with Crippen molar-refractivity contribution in [3.8, 4) is 11.5 Å². The van der Waals surface area contributed by atoms with Crippen molar-refractivity contribution in [1.29, 1.82) is 0 Å². The van der Waals surface area contributed by atoms with Crippen molar-refractivity contribution in [1.82, 2.24) is 4.98 Å². The summed E-state index contributed by atoms with van der Waals surface area (Å²) in [6.07, 6.45) is -3.76. The lowest BCUT2D eigenvalue weighted by Gasteiger charge is -2.07. The van der Waals surface area contributed by atoms with Crippen LogP contribution in [-0.2, 0) is 6.18 Å². The number of carbonyl (C=O) groups is 1. The molecule has 8 heteroatoms. The summed E-state index contributed by atoms with van der Waals surface area (Å²) in [6.45, 7) is 0. The van der Waals surface area contributed by atoms with Gasteiger partial charge in [0.25, 0.3) is 0 Å². The van der Waals surface area contributed by atoms with Crippen LogP contribution in [0, 0.1) is 0 Å².